The maximum absolute atomic E-state index is 11.0. The molecule has 114 valence electrons. The van der Waals surface area contributed by atoms with Crippen LogP contribution >= 0.6 is 11.6 Å². The van der Waals surface area contributed by atoms with Crippen molar-refractivity contribution in [3.05, 3.63) is 76.8 Å². The average Bonchev–Trinajstić information content (AvgIpc) is 2.58. The third kappa shape index (κ3) is 3.11. The summed E-state index contributed by atoms with van der Waals surface area (Å²) in [5.74, 6) is 0. The first-order valence-electron chi connectivity index (χ1n) is 7.94. The van der Waals surface area contributed by atoms with Crippen LogP contribution in [0.4, 0.5) is 0 Å². The minimum atomic E-state index is -0.888. The van der Waals surface area contributed by atoms with Gasteiger partial charge in [-0.15, -0.1) is 0 Å². The van der Waals surface area contributed by atoms with Crippen LogP contribution < -0.4 is 0 Å². The molecule has 0 atom stereocenters. The summed E-state index contributed by atoms with van der Waals surface area (Å²) < 4.78 is 0. The lowest BCUT2D eigenvalue weighted by atomic mass is 9.81. The summed E-state index contributed by atoms with van der Waals surface area (Å²) >= 11 is 6.77. The van der Waals surface area contributed by atoms with Gasteiger partial charge in [0.2, 0.25) is 0 Å². The third-order valence-electron chi connectivity index (χ3n) is 4.43. The molecule has 1 N–H and O–H groups in total. The van der Waals surface area contributed by atoms with Crippen molar-refractivity contribution >= 4 is 17.2 Å². The van der Waals surface area contributed by atoms with Gasteiger partial charge < -0.3 is 5.11 Å². The van der Waals surface area contributed by atoms with Gasteiger partial charge in [-0.3, -0.25) is 0 Å². The maximum Gasteiger partial charge on any atom is 0.101 e. The normalized spacial score (nSPS) is 17.0. The molecule has 0 aromatic heterocycles. The molecule has 2 aromatic carbocycles. The summed E-state index contributed by atoms with van der Waals surface area (Å²) in [6, 6.07) is 20.2. The summed E-state index contributed by atoms with van der Waals surface area (Å²) in [6.45, 7) is 0. The van der Waals surface area contributed by atoms with Gasteiger partial charge in [0.1, 0.15) is 5.60 Å². The molecule has 0 amide bonds. The molecular weight excluding hydrogens is 292 g/mol. The fraction of sp³-hybridized carbons (Fsp3) is 0.300. The number of hydrogen-bond acceptors (Lipinski definition) is 1. The lowest BCUT2D eigenvalue weighted by Crippen LogP contribution is -2.32. The lowest BCUT2D eigenvalue weighted by molar-refractivity contribution is 0.0473. The average molecular weight is 313 g/mol. The molecule has 22 heavy (non-hydrogen) atoms. The molecule has 1 aliphatic rings. The molecule has 0 aliphatic heterocycles. The summed E-state index contributed by atoms with van der Waals surface area (Å²) in [5.41, 5.74) is 2.17. The topological polar surface area (TPSA) is 20.2 Å². The van der Waals surface area contributed by atoms with Gasteiger partial charge >= 0.3 is 0 Å². The van der Waals surface area contributed by atoms with Crippen molar-refractivity contribution in [3.63, 3.8) is 0 Å². The second-order valence-corrected chi connectivity index (χ2v) is 6.39. The van der Waals surface area contributed by atoms with E-state index in [-0.39, 0.29) is 0 Å². The molecule has 1 aliphatic carbocycles. The molecule has 0 bridgehead atoms. The fourth-order valence-corrected chi connectivity index (χ4v) is 3.63. The molecular formula is C20H21ClO. The first-order chi connectivity index (χ1) is 10.7. The van der Waals surface area contributed by atoms with Crippen LogP contribution in [0.5, 0.6) is 0 Å². The van der Waals surface area contributed by atoms with Crippen LogP contribution in [-0.2, 0) is 0 Å². The van der Waals surface area contributed by atoms with Crippen LogP contribution in [0.25, 0.3) is 5.57 Å². The monoisotopic (exact) mass is 312 g/mol. The Bertz CT molecular complexity index is 598. The quantitative estimate of drug-likeness (QED) is 0.806. The largest absolute Gasteiger partial charge is 0.384 e. The number of aliphatic hydroxyl groups is 1. The molecule has 1 saturated carbocycles. The number of halogens is 1. The van der Waals surface area contributed by atoms with Crippen LogP contribution in [0, 0.1) is 0 Å². The van der Waals surface area contributed by atoms with Gasteiger partial charge in [-0.05, 0) is 24.0 Å². The standard InChI is InChI=1S/C20H21ClO/c21-19(20(22)14-8-3-9-15-20)18(16-10-4-1-5-11-16)17-12-6-2-7-13-17/h1-2,4-7,10-13,22H,3,8-9,14-15H2. The Morgan fingerprint density at radius 3 is 1.68 bits per heavy atom. The zero-order valence-electron chi connectivity index (χ0n) is 12.6. The predicted molar refractivity (Wildman–Crippen MR) is 92.8 cm³/mol. The molecule has 1 fully saturated rings. The zero-order valence-corrected chi connectivity index (χ0v) is 13.4. The van der Waals surface area contributed by atoms with E-state index in [0.717, 1.165) is 42.4 Å². The first-order valence-corrected chi connectivity index (χ1v) is 8.32. The second kappa shape index (κ2) is 6.68. The van der Waals surface area contributed by atoms with Gasteiger partial charge in [-0.1, -0.05) is 91.5 Å². The molecule has 0 saturated heterocycles. The maximum atomic E-state index is 11.0. The highest BCUT2D eigenvalue weighted by Gasteiger charge is 2.35. The zero-order chi connectivity index (χ0) is 15.4. The Morgan fingerprint density at radius 2 is 1.23 bits per heavy atom. The SMILES string of the molecule is OC1(C(Cl)=C(c2ccccc2)c2ccccc2)CCCCC1. The number of hydrogen-bond donors (Lipinski definition) is 1. The Hall–Kier alpha value is -1.57. The predicted octanol–water partition coefficient (Wildman–Crippen LogP) is 5.38. The smallest absolute Gasteiger partial charge is 0.101 e. The molecule has 2 heteroatoms. The first kappa shape index (κ1) is 15.3. The lowest BCUT2D eigenvalue weighted by Gasteiger charge is -2.33. The van der Waals surface area contributed by atoms with Gasteiger partial charge in [0.05, 0.1) is 5.03 Å². The van der Waals surface area contributed by atoms with Crippen molar-refractivity contribution in [2.24, 2.45) is 0 Å². The van der Waals surface area contributed by atoms with Crippen LogP contribution in [0.2, 0.25) is 0 Å². The van der Waals surface area contributed by atoms with E-state index in [1.165, 1.54) is 6.42 Å². The summed E-state index contributed by atoms with van der Waals surface area (Å²) in [4.78, 5) is 0. The number of benzene rings is 2. The molecule has 3 rings (SSSR count). The van der Waals surface area contributed by atoms with E-state index in [2.05, 4.69) is 24.3 Å². The van der Waals surface area contributed by atoms with Gasteiger partial charge in [-0.25, -0.2) is 0 Å². The highest BCUT2D eigenvalue weighted by atomic mass is 35.5. The van der Waals surface area contributed by atoms with Gasteiger partial charge in [0.25, 0.3) is 0 Å². The van der Waals surface area contributed by atoms with Crippen LogP contribution in [-0.4, -0.2) is 10.7 Å². The minimum absolute atomic E-state index is 0.588. The van der Waals surface area contributed by atoms with E-state index in [0.29, 0.717) is 5.03 Å². The van der Waals surface area contributed by atoms with Crippen molar-refractivity contribution in [1.82, 2.24) is 0 Å². The highest BCUT2D eigenvalue weighted by Crippen LogP contribution is 2.42. The van der Waals surface area contributed by atoms with Crippen molar-refractivity contribution in [2.75, 3.05) is 0 Å². The Balaban J connectivity index is 2.14. The molecule has 0 spiro atoms. The van der Waals surface area contributed by atoms with Crippen molar-refractivity contribution in [1.29, 1.82) is 0 Å². The van der Waals surface area contributed by atoms with Crippen LogP contribution in [0.15, 0.2) is 65.7 Å². The van der Waals surface area contributed by atoms with E-state index in [1.54, 1.807) is 0 Å². The molecule has 2 aromatic rings. The van der Waals surface area contributed by atoms with Crippen LogP contribution in [0.3, 0.4) is 0 Å². The third-order valence-corrected chi connectivity index (χ3v) is 4.97. The molecule has 0 radical (unpaired) electrons. The Kier molecular flexibility index (Phi) is 4.66. The summed E-state index contributed by atoms with van der Waals surface area (Å²) in [6.07, 6.45) is 4.73. The van der Waals surface area contributed by atoms with Gasteiger partial charge in [0, 0.05) is 5.57 Å². The van der Waals surface area contributed by atoms with E-state index >= 15 is 0 Å². The van der Waals surface area contributed by atoms with Crippen molar-refractivity contribution < 1.29 is 5.11 Å². The summed E-state index contributed by atoms with van der Waals surface area (Å²) in [7, 11) is 0. The molecule has 0 heterocycles. The minimum Gasteiger partial charge on any atom is -0.384 e. The Labute approximate surface area is 137 Å². The molecule has 1 nitrogen and oxygen atoms in total. The van der Waals surface area contributed by atoms with E-state index in [4.69, 9.17) is 11.6 Å². The number of rotatable bonds is 3. The Morgan fingerprint density at radius 1 is 0.773 bits per heavy atom. The highest BCUT2D eigenvalue weighted by molar-refractivity contribution is 6.34. The molecule has 0 unspecified atom stereocenters. The van der Waals surface area contributed by atoms with Crippen molar-refractivity contribution in [2.45, 2.75) is 37.7 Å². The van der Waals surface area contributed by atoms with Gasteiger partial charge in [-0.2, -0.15) is 0 Å². The summed E-state index contributed by atoms with van der Waals surface area (Å²) in [5, 5.41) is 11.6. The van der Waals surface area contributed by atoms with E-state index < -0.39 is 5.60 Å². The fourth-order valence-electron chi connectivity index (χ4n) is 3.22. The van der Waals surface area contributed by atoms with E-state index in [9.17, 15) is 5.11 Å². The van der Waals surface area contributed by atoms with Crippen LogP contribution in [0.1, 0.15) is 43.2 Å². The van der Waals surface area contributed by atoms with Gasteiger partial charge in [0.15, 0.2) is 0 Å². The van der Waals surface area contributed by atoms with E-state index in [1.807, 2.05) is 36.4 Å². The van der Waals surface area contributed by atoms with Crippen molar-refractivity contribution in [3.8, 4) is 0 Å². The second-order valence-electron chi connectivity index (χ2n) is 6.01.